The van der Waals surface area contributed by atoms with Gasteiger partial charge in [-0.15, -0.1) is 0 Å². The minimum atomic E-state index is -0.256. The lowest BCUT2D eigenvalue weighted by atomic mass is 10.3. The van der Waals surface area contributed by atoms with Crippen molar-refractivity contribution >= 4 is 23.3 Å². The lowest BCUT2D eigenvalue weighted by Crippen LogP contribution is -2.27. The number of rotatable bonds is 6. The van der Waals surface area contributed by atoms with E-state index in [2.05, 4.69) is 20.5 Å². The van der Waals surface area contributed by atoms with Gasteiger partial charge in [-0.25, -0.2) is 4.98 Å². The molecule has 0 atom stereocenters. The standard InChI is InChI=1S/C17H20N4O3/c22-16(5-7-18-17(23)13-6-10-24-12-13)20-14-3-4-15(19-11-14)21-8-1-2-9-21/h3-4,6,10-12H,1-2,5,7-9H2,(H,18,23)(H,20,22). The number of furan rings is 1. The van der Waals surface area contributed by atoms with E-state index >= 15 is 0 Å². The lowest BCUT2D eigenvalue weighted by molar-refractivity contribution is -0.116. The summed E-state index contributed by atoms with van der Waals surface area (Å²) in [7, 11) is 0. The van der Waals surface area contributed by atoms with Crippen LogP contribution in [0, 0.1) is 0 Å². The molecule has 1 saturated heterocycles. The fourth-order valence-corrected chi connectivity index (χ4v) is 2.60. The van der Waals surface area contributed by atoms with Crippen LogP contribution in [0.5, 0.6) is 0 Å². The SMILES string of the molecule is O=C(CCNC(=O)c1ccoc1)Nc1ccc(N2CCCC2)nc1. The van der Waals surface area contributed by atoms with Gasteiger partial charge in [0.2, 0.25) is 5.91 Å². The highest BCUT2D eigenvalue weighted by molar-refractivity contribution is 5.94. The van der Waals surface area contributed by atoms with Gasteiger partial charge < -0.3 is 20.0 Å². The average Bonchev–Trinajstić information content (AvgIpc) is 3.29. The summed E-state index contributed by atoms with van der Waals surface area (Å²) < 4.78 is 4.84. The minimum Gasteiger partial charge on any atom is -0.472 e. The van der Waals surface area contributed by atoms with Gasteiger partial charge >= 0.3 is 0 Å². The molecule has 126 valence electrons. The molecule has 24 heavy (non-hydrogen) atoms. The maximum atomic E-state index is 11.9. The van der Waals surface area contributed by atoms with E-state index in [1.807, 2.05) is 12.1 Å². The average molecular weight is 328 g/mol. The molecular formula is C17H20N4O3. The summed E-state index contributed by atoms with van der Waals surface area (Å²) in [5.41, 5.74) is 1.10. The van der Waals surface area contributed by atoms with Gasteiger partial charge in [0.25, 0.3) is 5.91 Å². The molecular weight excluding hydrogens is 308 g/mol. The van der Waals surface area contributed by atoms with Crippen LogP contribution < -0.4 is 15.5 Å². The Labute approximate surface area is 140 Å². The Bertz CT molecular complexity index is 676. The fraction of sp³-hybridized carbons (Fsp3) is 0.353. The Balaban J connectivity index is 1.42. The third kappa shape index (κ3) is 4.13. The molecule has 0 aliphatic carbocycles. The zero-order valence-corrected chi connectivity index (χ0v) is 13.3. The van der Waals surface area contributed by atoms with Gasteiger partial charge in [-0.1, -0.05) is 0 Å². The van der Waals surface area contributed by atoms with Gasteiger partial charge in [0.1, 0.15) is 12.1 Å². The van der Waals surface area contributed by atoms with E-state index in [9.17, 15) is 9.59 Å². The highest BCUT2D eigenvalue weighted by Gasteiger charge is 2.13. The second kappa shape index (κ2) is 7.63. The van der Waals surface area contributed by atoms with Crippen molar-refractivity contribution in [2.24, 2.45) is 0 Å². The Kier molecular flexibility index (Phi) is 5.10. The van der Waals surface area contributed by atoms with Crippen LogP contribution in [0.4, 0.5) is 11.5 Å². The molecule has 3 heterocycles. The molecule has 1 aliphatic rings. The number of hydrogen-bond acceptors (Lipinski definition) is 5. The molecule has 0 unspecified atom stereocenters. The Morgan fingerprint density at radius 1 is 1.21 bits per heavy atom. The summed E-state index contributed by atoms with van der Waals surface area (Å²) in [4.78, 5) is 30.2. The molecule has 2 aromatic heterocycles. The zero-order valence-electron chi connectivity index (χ0n) is 13.3. The summed E-state index contributed by atoms with van der Waals surface area (Å²) in [5.74, 6) is 0.518. The largest absolute Gasteiger partial charge is 0.472 e. The van der Waals surface area contributed by atoms with Crippen LogP contribution in [0.25, 0.3) is 0 Å². The van der Waals surface area contributed by atoms with Crippen molar-refractivity contribution in [2.45, 2.75) is 19.3 Å². The van der Waals surface area contributed by atoms with E-state index in [0.717, 1.165) is 18.9 Å². The fourth-order valence-electron chi connectivity index (χ4n) is 2.60. The van der Waals surface area contributed by atoms with Gasteiger partial charge in [0.05, 0.1) is 23.7 Å². The maximum absolute atomic E-state index is 11.9. The van der Waals surface area contributed by atoms with E-state index in [1.165, 1.54) is 25.4 Å². The molecule has 1 aliphatic heterocycles. The zero-order chi connectivity index (χ0) is 16.8. The minimum absolute atomic E-state index is 0.168. The Hall–Kier alpha value is -2.83. The monoisotopic (exact) mass is 328 g/mol. The molecule has 0 aromatic carbocycles. The van der Waals surface area contributed by atoms with Crippen LogP contribution in [0.15, 0.2) is 41.3 Å². The summed E-state index contributed by atoms with van der Waals surface area (Å²) in [5, 5.41) is 5.44. The van der Waals surface area contributed by atoms with Crippen LogP contribution in [-0.2, 0) is 4.79 Å². The van der Waals surface area contributed by atoms with Crippen LogP contribution in [-0.4, -0.2) is 36.4 Å². The molecule has 0 spiro atoms. The van der Waals surface area contributed by atoms with Gasteiger partial charge in [-0.3, -0.25) is 9.59 Å². The van der Waals surface area contributed by atoms with Gasteiger partial charge in [-0.05, 0) is 31.0 Å². The molecule has 2 aromatic rings. The molecule has 0 radical (unpaired) electrons. The number of anilines is 2. The summed E-state index contributed by atoms with van der Waals surface area (Å²) >= 11 is 0. The van der Waals surface area contributed by atoms with Crippen LogP contribution in [0.3, 0.4) is 0 Å². The van der Waals surface area contributed by atoms with Crippen molar-refractivity contribution < 1.29 is 14.0 Å². The second-order valence-corrected chi connectivity index (χ2v) is 5.67. The third-order valence-electron chi connectivity index (χ3n) is 3.88. The normalized spacial score (nSPS) is 13.8. The van der Waals surface area contributed by atoms with Crippen molar-refractivity contribution in [3.8, 4) is 0 Å². The van der Waals surface area contributed by atoms with Crippen LogP contribution >= 0.6 is 0 Å². The van der Waals surface area contributed by atoms with Crippen molar-refractivity contribution in [1.29, 1.82) is 0 Å². The van der Waals surface area contributed by atoms with Crippen molar-refractivity contribution in [3.63, 3.8) is 0 Å². The summed E-state index contributed by atoms with van der Waals surface area (Å²) in [6.45, 7) is 2.33. The third-order valence-corrected chi connectivity index (χ3v) is 3.88. The van der Waals surface area contributed by atoms with Crippen molar-refractivity contribution in [2.75, 3.05) is 29.9 Å². The quantitative estimate of drug-likeness (QED) is 0.847. The first kappa shape index (κ1) is 16.0. The number of aromatic nitrogens is 1. The first-order valence-corrected chi connectivity index (χ1v) is 8.03. The van der Waals surface area contributed by atoms with Gasteiger partial charge in [-0.2, -0.15) is 0 Å². The molecule has 1 fully saturated rings. The first-order valence-electron chi connectivity index (χ1n) is 8.03. The number of carbonyl (C=O) groups excluding carboxylic acids is 2. The molecule has 3 rings (SSSR count). The number of nitrogens with one attached hydrogen (secondary N) is 2. The number of hydrogen-bond donors (Lipinski definition) is 2. The molecule has 0 saturated carbocycles. The highest BCUT2D eigenvalue weighted by atomic mass is 16.3. The smallest absolute Gasteiger partial charge is 0.254 e. The first-order chi connectivity index (χ1) is 11.7. The topological polar surface area (TPSA) is 87.5 Å². The second-order valence-electron chi connectivity index (χ2n) is 5.67. The number of amides is 2. The van der Waals surface area contributed by atoms with Crippen LogP contribution in [0.2, 0.25) is 0 Å². The predicted molar refractivity (Wildman–Crippen MR) is 90.0 cm³/mol. The Morgan fingerprint density at radius 2 is 2.04 bits per heavy atom. The Morgan fingerprint density at radius 3 is 2.71 bits per heavy atom. The predicted octanol–water partition coefficient (Wildman–Crippen LogP) is 2.03. The molecule has 0 bridgehead atoms. The highest BCUT2D eigenvalue weighted by Crippen LogP contribution is 2.19. The number of carbonyl (C=O) groups is 2. The van der Waals surface area contributed by atoms with Crippen molar-refractivity contribution in [1.82, 2.24) is 10.3 Å². The molecule has 7 nitrogen and oxygen atoms in total. The maximum Gasteiger partial charge on any atom is 0.254 e. The molecule has 2 amide bonds. The van der Waals surface area contributed by atoms with E-state index in [4.69, 9.17) is 4.42 Å². The van der Waals surface area contributed by atoms with Gasteiger partial charge in [0.15, 0.2) is 0 Å². The van der Waals surface area contributed by atoms with E-state index in [-0.39, 0.29) is 24.8 Å². The van der Waals surface area contributed by atoms with Crippen LogP contribution in [0.1, 0.15) is 29.6 Å². The van der Waals surface area contributed by atoms with E-state index < -0.39 is 0 Å². The van der Waals surface area contributed by atoms with Gasteiger partial charge in [0, 0.05) is 26.1 Å². The summed E-state index contributed by atoms with van der Waals surface area (Å²) in [6, 6.07) is 5.34. The lowest BCUT2D eigenvalue weighted by Gasteiger charge is -2.16. The summed E-state index contributed by atoms with van der Waals surface area (Å²) in [6.07, 6.45) is 7.05. The number of pyridine rings is 1. The molecule has 7 heteroatoms. The van der Waals surface area contributed by atoms with E-state index in [1.54, 1.807) is 12.3 Å². The number of nitrogens with zero attached hydrogens (tertiary/aromatic N) is 2. The molecule has 2 N–H and O–H groups in total. The van der Waals surface area contributed by atoms with Crippen molar-refractivity contribution in [3.05, 3.63) is 42.5 Å². The van der Waals surface area contributed by atoms with E-state index in [0.29, 0.717) is 11.3 Å².